The van der Waals surface area contributed by atoms with Crippen LogP contribution in [0.2, 0.25) is 0 Å². The van der Waals surface area contributed by atoms with Gasteiger partial charge in [0.15, 0.2) is 4.34 Å². The summed E-state index contributed by atoms with van der Waals surface area (Å²) >= 11 is 2.79. The van der Waals surface area contributed by atoms with Crippen molar-refractivity contribution >= 4 is 39.8 Å². The summed E-state index contributed by atoms with van der Waals surface area (Å²) in [4.78, 5) is 11.9. The molecule has 1 heterocycles. The molecule has 0 saturated carbocycles. The van der Waals surface area contributed by atoms with Crippen LogP contribution in [0, 0.1) is 5.92 Å². The quantitative estimate of drug-likeness (QED) is 0.696. The Morgan fingerprint density at radius 2 is 2.04 bits per heavy atom. The summed E-state index contributed by atoms with van der Waals surface area (Å²) in [5.74, 6) is 1.50. The largest absolute Gasteiger partial charge is 0.495 e. The summed E-state index contributed by atoms with van der Waals surface area (Å²) in [6, 6.07) is 7.77. The number of thioether (sulfide) groups is 1. The Labute approximate surface area is 150 Å². The van der Waals surface area contributed by atoms with Crippen LogP contribution in [0.25, 0.3) is 0 Å². The summed E-state index contributed by atoms with van der Waals surface area (Å²) < 4.78 is 6.05. The van der Waals surface area contributed by atoms with E-state index in [2.05, 4.69) is 34.7 Å². The van der Waals surface area contributed by atoms with Crippen LogP contribution in [-0.2, 0) is 4.79 Å². The first-order valence-corrected chi connectivity index (χ1v) is 9.45. The fraction of sp³-hybridized carbons (Fsp3) is 0.438. The predicted molar refractivity (Wildman–Crippen MR) is 99.4 cm³/mol. The van der Waals surface area contributed by atoms with E-state index >= 15 is 0 Å². The van der Waals surface area contributed by atoms with Gasteiger partial charge in [0.2, 0.25) is 11.0 Å². The number of carbonyl (C=O) groups excluding carboxylic acids is 1. The van der Waals surface area contributed by atoms with E-state index in [9.17, 15) is 4.79 Å². The molecule has 0 bridgehead atoms. The number of rotatable bonds is 8. The van der Waals surface area contributed by atoms with Gasteiger partial charge in [0, 0.05) is 6.04 Å². The molecule has 2 N–H and O–H groups in total. The number of para-hydroxylation sites is 2. The van der Waals surface area contributed by atoms with E-state index in [0.717, 1.165) is 15.8 Å². The second-order valence-corrected chi connectivity index (χ2v) is 7.79. The van der Waals surface area contributed by atoms with E-state index in [1.54, 1.807) is 7.11 Å². The fourth-order valence-electron chi connectivity index (χ4n) is 1.77. The highest BCUT2D eigenvalue weighted by atomic mass is 32.2. The number of carbonyl (C=O) groups is 1. The smallest absolute Gasteiger partial charge is 0.230 e. The Kier molecular flexibility index (Phi) is 6.86. The Morgan fingerprint density at radius 1 is 1.29 bits per heavy atom. The van der Waals surface area contributed by atoms with Gasteiger partial charge in [-0.2, -0.15) is 0 Å². The van der Waals surface area contributed by atoms with E-state index in [4.69, 9.17) is 4.74 Å². The molecular formula is C16H22N4O2S2. The molecule has 8 heteroatoms. The Morgan fingerprint density at radius 3 is 2.75 bits per heavy atom. The number of nitrogens with one attached hydrogen (secondary N) is 2. The van der Waals surface area contributed by atoms with Crippen molar-refractivity contribution in [2.75, 3.05) is 18.2 Å². The van der Waals surface area contributed by atoms with Crippen molar-refractivity contribution in [2.24, 2.45) is 5.92 Å². The summed E-state index contributed by atoms with van der Waals surface area (Å²) in [5.41, 5.74) is 0.830. The number of methoxy groups -OCH3 is 1. The minimum absolute atomic E-state index is 0.00985. The average molecular weight is 367 g/mol. The van der Waals surface area contributed by atoms with Crippen LogP contribution in [0.15, 0.2) is 28.6 Å². The molecule has 1 atom stereocenters. The van der Waals surface area contributed by atoms with Crippen molar-refractivity contribution in [1.82, 2.24) is 15.5 Å². The Bertz CT molecular complexity index is 676. The summed E-state index contributed by atoms with van der Waals surface area (Å²) in [6.07, 6.45) is 0. The van der Waals surface area contributed by atoms with E-state index in [-0.39, 0.29) is 11.9 Å². The molecular weight excluding hydrogens is 344 g/mol. The highest BCUT2D eigenvalue weighted by molar-refractivity contribution is 8.01. The molecule has 0 aliphatic carbocycles. The number of benzene rings is 1. The topological polar surface area (TPSA) is 76.1 Å². The molecule has 0 spiro atoms. The van der Waals surface area contributed by atoms with E-state index < -0.39 is 0 Å². The van der Waals surface area contributed by atoms with Gasteiger partial charge in [0.05, 0.1) is 18.6 Å². The average Bonchev–Trinajstić information content (AvgIpc) is 3.01. The predicted octanol–water partition coefficient (Wildman–Crippen LogP) is 3.54. The highest BCUT2D eigenvalue weighted by Gasteiger charge is 2.13. The van der Waals surface area contributed by atoms with Gasteiger partial charge < -0.3 is 15.4 Å². The Balaban J connectivity index is 1.88. The van der Waals surface area contributed by atoms with Crippen molar-refractivity contribution in [1.29, 1.82) is 0 Å². The molecule has 130 valence electrons. The van der Waals surface area contributed by atoms with Gasteiger partial charge >= 0.3 is 0 Å². The van der Waals surface area contributed by atoms with Crippen molar-refractivity contribution in [3.05, 3.63) is 24.3 Å². The summed E-state index contributed by atoms with van der Waals surface area (Å²) in [6.45, 7) is 6.17. The van der Waals surface area contributed by atoms with Crippen molar-refractivity contribution in [3.63, 3.8) is 0 Å². The molecule has 24 heavy (non-hydrogen) atoms. The standard InChI is InChI=1S/C16H22N4O2S2/c1-10(2)11(3)17-14(21)9-23-16-20-19-15(24-16)18-12-7-5-6-8-13(12)22-4/h5-8,10-11H,9H2,1-4H3,(H,17,21)(H,18,19). The maximum Gasteiger partial charge on any atom is 0.230 e. The van der Waals surface area contributed by atoms with Crippen LogP contribution in [-0.4, -0.2) is 35.0 Å². The van der Waals surface area contributed by atoms with Crippen LogP contribution in [0.3, 0.4) is 0 Å². The van der Waals surface area contributed by atoms with Crippen LogP contribution >= 0.6 is 23.1 Å². The van der Waals surface area contributed by atoms with Crippen LogP contribution < -0.4 is 15.4 Å². The van der Waals surface area contributed by atoms with Gasteiger partial charge in [-0.05, 0) is 25.0 Å². The van der Waals surface area contributed by atoms with Gasteiger partial charge in [0.25, 0.3) is 0 Å². The van der Waals surface area contributed by atoms with Crippen LogP contribution in [0.4, 0.5) is 10.8 Å². The number of anilines is 2. The monoisotopic (exact) mass is 366 g/mol. The van der Waals surface area contributed by atoms with Crippen molar-refractivity contribution in [2.45, 2.75) is 31.2 Å². The first-order chi connectivity index (χ1) is 11.5. The number of hydrogen-bond acceptors (Lipinski definition) is 7. The Hall–Kier alpha value is -1.80. The van der Waals surface area contributed by atoms with E-state index in [1.165, 1.54) is 23.1 Å². The molecule has 0 saturated heterocycles. The molecule has 0 aliphatic heterocycles. The lowest BCUT2D eigenvalue weighted by Gasteiger charge is -2.16. The molecule has 1 unspecified atom stereocenters. The third-order valence-electron chi connectivity index (χ3n) is 3.47. The maximum absolute atomic E-state index is 11.9. The minimum Gasteiger partial charge on any atom is -0.495 e. The zero-order valence-corrected chi connectivity index (χ0v) is 15.8. The summed E-state index contributed by atoms with van der Waals surface area (Å²) in [7, 11) is 1.62. The first-order valence-electron chi connectivity index (χ1n) is 7.65. The molecule has 1 aromatic heterocycles. The zero-order valence-electron chi connectivity index (χ0n) is 14.2. The number of nitrogens with zero attached hydrogens (tertiary/aromatic N) is 2. The molecule has 6 nitrogen and oxygen atoms in total. The zero-order chi connectivity index (χ0) is 17.5. The van der Waals surface area contributed by atoms with Gasteiger partial charge in [-0.1, -0.05) is 49.1 Å². The SMILES string of the molecule is COc1ccccc1Nc1nnc(SCC(=O)NC(C)C(C)C)s1. The number of ether oxygens (including phenoxy) is 1. The van der Waals surface area contributed by atoms with Crippen molar-refractivity contribution in [3.8, 4) is 5.75 Å². The van der Waals surface area contributed by atoms with E-state index in [1.807, 2.05) is 31.2 Å². The normalized spacial score (nSPS) is 12.0. The second kappa shape index (κ2) is 8.89. The maximum atomic E-state index is 11.9. The lowest BCUT2D eigenvalue weighted by Crippen LogP contribution is -2.37. The van der Waals surface area contributed by atoms with Gasteiger partial charge in [-0.3, -0.25) is 4.79 Å². The van der Waals surface area contributed by atoms with E-state index in [0.29, 0.717) is 16.8 Å². The molecule has 0 fully saturated rings. The van der Waals surface area contributed by atoms with Crippen molar-refractivity contribution < 1.29 is 9.53 Å². The first kappa shape index (κ1) is 18.5. The van der Waals surface area contributed by atoms with Gasteiger partial charge in [-0.15, -0.1) is 10.2 Å². The lowest BCUT2D eigenvalue weighted by atomic mass is 10.1. The minimum atomic E-state index is 0.00985. The molecule has 0 radical (unpaired) electrons. The molecule has 1 aromatic carbocycles. The van der Waals surface area contributed by atoms with Gasteiger partial charge in [-0.25, -0.2) is 0 Å². The number of hydrogen-bond donors (Lipinski definition) is 2. The third-order valence-corrected chi connectivity index (χ3v) is 5.44. The van der Waals surface area contributed by atoms with Crippen LogP contribution in [0.1, 0.15) is 20.8 Å². The number of amides is 1. The lowest BCUT2D eigenvalue weighted by molar-refractivity contribution is -0.119. The van der Waals surface area contributed by atoms with Gasteiger partial charge in [0.1, 0.15) is 5.75 Å². The molecule has 0 aliphatic rings. The number of aromatic nitrogens is 2. The molecule has 2 aromatic rings. The highest BCUT2D eigenvalue weighted by Crippen LogP contribution is 2.31. The fourth-order valence-corrected chi connectivity index (χ4v) is 3.35. The van der Waals surface area contributed by atoms with Crippen LogP contribution in [0.5, 0.6) is 5.75 Å². The molecule has 1 amide bonds. The third kappa shape index (κ3) is 5.38. The summed E-state index contributed by atoms with van der Waals surface area (Å²) in [5, 5.41) is 15.0. The second-order valence-electron chi connectivity index (χ2n) is 5.59. The molecule has 2 rings (SSSR count).